The third kappa shape index (κ3) is 3.55. The Morgan fingerprint density at radius 2 is 1.94 bits per heavy atom. The van der Waals surface area contributed by atoms with Crippen LogP contribution in [0.25, 0.3) is 0 Å². The van der Waals surface area contributed by atoms with E-state index in [0.29, 0.717) is 6.04 Å². The summed E-state index contributed by atoms with van der Waals surface area (Å²) >= 11 is 0. The standard InChI is InChI=1S/C15H24N2/c1-12(2)14-8-15(16)11-17(10-14)9-13-6-4-3-5-7-13/h3-7,12,14-15H,8-11,16H2,1-2H3. The van der Waals surface area contributed by atoms with E-state index >= 15 is 0 Å². The van der Waals surface area contributed by atoms with Crippen LogP contribution in [-0.4, -0.2) is 24.0 Å². The Balaban J connectivity index is 1.96. The van der Waals surface area contributed by atoms with E-state index in [1.807, 2.05) is 0 Å². The van der Waals surface area contributed by atoms with Gasteiger partial charge in [-0.05, 0) is 23.8 Å². The fraction of sp³-hybridized carbons (Fsp3) is 0.600. The fourth-order valence-corrected chi connectivity index (χ4v) is 2.73. The van der Waals surface area contributed by atoms with Crippen molar-refractivity contribution in [3.8, 4) is 0 Å². The molecule has 2 unspecified atom stereocenters. The quantitative estimate of drug-likeness (QED) is 0.867. The van der Waals surface area contributed by atoms with Gasteiger partial charge in [-0.25, -0.2) is 0 Å². The molecule has 2 nitrogen and oxygen atoms in total. The van der Waals surface area contributed by atoms with E-state index in [-0.39, 0.29) is 0 Å². The number of nitrogens with zero attached hydrogens (tertiary/aromatic N) is 1. The molecule has 0 radical (unpaired) electrons. The molecule has 1 aromatic carbocycles. The molecule has 0 saturated carbocycles. The summed E-state index contributed by atoms with van der Waals surface area (Å²) in [7, 11) is 0. The van der Waals surface area contributed by atoms with Gasteiger partial charge in [0, 0.05) is 25.7 Å². The van der Waals surface area contributed by atoms with E-state index in [4.69, 9.17) is 5.73 Å². The first-order valence-corrected chi connectivity index (χ1v) is 6.67. The van der Waals surface area contributed by atoms with Crippen LogP contribution in [0.5, 0.6) is 0 Å². The molecule has 2 atom stereocenters. The van der Waals surface area contributed by atoms with Crippen LogP contribution in [0.4, 0.5) is 0 Å². The zero-order chi connectivity index (χ0) is 12.3. The first kappa shape index (κ1) is 12.6. The van der Waals surface area contributed by atoms with Gasteiger partial charge in [-0.1, -0.05) is 44.2 Å². The second kappa shape index (κ2) is 5.65. The molecular weight excluding hydrogens is 208 g/mol. The third-order valence-corrected chi connectivity index (χ3v) is 3.78. The molecule has 0 aliphatic carbocycles. The highest BCUT2D eigenvalue weighted by Gasteiger charge is 2.26. The molecule has 1 saturated heterocycles. The number of hydrogen-bond acceptors (Lipinski definition) is 2. The van der Waals surface area contributed by atoms with Crippen molar-refractivity contribution in [1.29, 1.82) is 0 Å². The van der Waals surface area contributed by atoms with E-state index in [1.165, 1.54) is 18.5 Å². The highest BCUT2D eigenvalue weighted by atomic mass is 15.1. The SMILES string of the molecule is CC(C)C1CC(N)CN(Cc2ccccc2)C1. The number of nitrogens with two attached hydrogens (primary N) is 1. The lowest BCUT2D eigenvalue weighted by Crippen LogP contribution is -2.47. The Bertz CT molecular complexity index is 334. The Morgan fingerprint density at radius 3 is 2.59 bits per heavy atom. The van der Waals surface area contributed by atoms with E-state index < -0.39 is 0 Å². The van der Waals surface area contributed by atoms with Gasteiger partial charge < -0.3 is 5.73 Å². The molecule has 2 N–H and O–H groups in total. The molecule has 1 aliphatic heterocycles. The van der Waals surface area contributed by atoms with Gasteiger partial charge in [0.05, 0.1) is 0 Å². The Labute approximate surface area is 105 Å². The first-order valence-electron chi connectivity index (χ1n) is 6.67. The average molecular weight is 232 g/mol. The van der Waals surface area contributed by atoms with Crippen molar-refractivity contribution in [3.05, 3.63) is 35.9 Å². The monoisotopic (exact) mass is 232 g/mol. The average Bonchev–Trinajstić information content (AvgIpc) is 2.29. The van der Waals surface area contributed by atoms with Gasteiger partial charge in [0.15, 0.2) is 0 Å². The lowest BCUT2D eigenvalue weighted by atomic mass is 9.85. The molecule has 1 fully saturated rings. The number of piperidine rings is 1. The van der Waals surface area contributed by atoms with Crippen molar-refractivity contribution in [2.45, 2.75) is 32.9 Å². The Kier molecular flexibility index (Phi) is 4.19. The van der Waals surface area contributed by atoms with Crippen LogP contribution in [-0.2, 0) is 6.54 Å². The van der Waals surface area contributed by atoms with Crippen molar-refractivity contribution in [2.75, 3.05) is 13.1 Å². The molecule has 0 amide bonds. The summed E-state index contributed by atoms with van der Waals surface area (Å²) in [6.45, 7) is 7.89. The maximum atomic E-state index is 6.17. The summed E-state index contributed by atoms with van der Waals surface area (Å²) in [6, 6.07) is 11.0. The minimum Gasteiger partial charge on any atom is -0.327 e. The normalized spacial score (nSPS) is 26.4. The Hall–Kier alpha value is -0.860. The summed E-state index contributed by atoms with van der Waals surface area (Å²) in [4.78, 5) is 2.51. The predicted molar refractivity (Wildman–Crippen MR) is 72.6 cm³/mol. The van der Waals surface area contributed by atoms with Gasteiger partial charge in [-0.2, -0.15) is 0 Å². The summed E-state index contributed by atoms with van der Waals surface area (Å²) in [6.07, 6.45) is 1.18. The molecular formula is C15H24N2. The largest absolute Gasteiger partial charge is 0.327 e. The summed E-state index contributed by atoms with van der Waals surface area (Å²) in [5.41, 5.74) is 7.56. The van der Waals surface area contributed by atoms with Crippen LogP contribution in [0.15, 0.2) is 30.3 Å². The molecule has 0 aromatic heterocycles. The van der Waals surface area contributed by atoms with Gasteiger partial charge in [-0.15, -0.1) is 0 Å². The van der Waals surface area contributed by atoms with E-state index in [0.717, 1.165) is 24.9 Å². The van der Waals surface area contributed by atoms with Crippen LogP contribution in [0, 0.1) is 11.8 Å². The molecule has 1 heterocycles. The van der Waals surface area contributed by atoms with Crippen molar-refractivity contribution < 1.29 is 0 Å². The molecule has 1 aliphatic rings. The second-order valence-electron chi connectivity index (χ2n) is 5.68. The minimum absolute atomic E-state index is 0.347. The van der Waals surface area contributed by atoms with Crippen molar-refractivity contribution in [2.24, 2.45) is 17.6 Å². The van der Waals surface area contributed by atoms with Gasteiger partial charge in [0.25, 0.3) is 0 Å². The van der Waals surface area contributed by atoms with E-state index in [2.05, 4.69) is 49.1 Å². The van der Waals surface area contributed by atoms with Gasteiger partial charge >= 0.3 is 0 Å². The number of likely N-dealkylation sites (tertiary alicyclic amines) is 1. The molecule has 1 aromatic rings. The molecule has 0 spiro atoms. The number of rotatable bonds is 3. The minimum atomic E-state index is 0.347. The zero-order valence-electron chi connectivity index (χ0n) is 11.0. The summed E-state index contributed by atoms with van der Waals surface area (Å²) < 4.78 is 0. The maximum Gasteiger partial charge on any atom is 0.0234 e. The van der Waals surface area contributed by atoms with Crippen LogP contribution in [0.2, 0.25) is 0 Å². The van der Waals surface area contributed by atoms with Crippen molar-refractivity contribution in [1.82, 2.24) is 4.90 Å². The molecule has 94 valence electrons. The predicted octanol–water partition coefficient (Wildman–Crippen LogP) is 2.49. The van der Waals surface area contributed by atoms with Crippen LogP contribution >= 0.6 is 0 Å². The van der Waals surface area contributed by atoms with Crippen molar-refractivity contribution in [3.63, 3.8) is 0 Å². The lowest BCUT2D eigenvalue weighted by molar-refractivity contribution is 0.123. The van der Waals surface area contributed by atoms with Crippen LogP contribution < -0.4 is 5.73 Å². The molecule has 2 rings (SSSR count). The topological polar surface area (TPSA) is 29.3 Å². The smallest absolute Gasteiger partial charge is 0.0234 e. The fourth-order valence-electron chi connectivity index (χ4n) is 2.73. The molecule has 17 heavy (non-hydrogen) atoms. The number of benzene rings is 1. The second-order valence-corrected chi connectivity index (χ2v) is 5.68. The number of hydrogen-bond donors (Lipinski definition) is 1. The van der Waals surface area contributed by atoms with Crippen LogP contribution in [0.1, 0.15) is 25.8 Å². The highest BCUT2D eigenvalue weighted by molar-refractivity contribution is 5.14. The summed E-state index contributed by atoms with van der Waals surface area (Å²) in [5.74, 6) is 1.49. The zero-order valence-corrected chi connectivity index (χ0v) is 11.0. The third-order valence-electron chi connectivity index (χ3n) is 3.78. The van der Waals surface area contributed by atoms with Crippen LogP contribution in [0.3, 0.4) is 0 Å². The van der Waals surface area contributed by atoms with Gasteiger partial charge in [0.2, 0.25) is 0 Å². The maximum absolute atomic E-state index is 6.17. The Morgan fingerprint density at radius 1 is 1.24 bits per heavy atom. The van der Waals surface area contributed by atoms with E-state index in [1.54, 1.807) is 0 Å². The van der Waals surface area contributed by atoms with Gasteiger partial charge in [-0.3, -0.25) is 4.90 Å². The summed E-state index contributed by atoms with van der Waals surface area (Å²) in [5, 5.41) is 0. The molecule has 0 bridgehead atoms. The first-order chi connectivity index (χ1) is 8.15. The lowest BCUT2D eigenvalue weighted by Gasteiger charge is -2.38. The van der Waals surface area contributed by atoms with Crippen molar-refractivity contribution >= 4 is 0 Å². The van der Waals surface area contributed by atoms with E-state index in [9.17, 15) is 0 Å². The highest BCUT2D eigenvalue weighted by Crippen LogP contribution is 2.24. The molecule has 2 heteroatoms. The van der Waals surface area contributed by atoms with Gasteiger partial charge in [0.1, 0.15) is 0 Å².